The van der Waals surface area contributed by atoms with Gasteiger partial charge in [-0.05, 0) is 42.7 Å². The highest BCUT2D eigenvalue weighted by Crippen LogP contribution is 2.13. The van der Waals surface area contributed by atoms with Gasteiger partial charge in [0.25, 0.3) is 0 Å². The molecule has 0 saturated heterocycles. The van der Waals surface area contributed by atoms with Gasteiger partial charge in [-0.15, -0.1) is 0 Å². The first-order valence-corrected chi connectivity index (χ1v) is 7.83. The van der Waals surface area contributed by atoms with Crippen LogP contribution in [0.4, 0.5) is 5.69 Å². The van der Waals surface area contributed by atoms with E-state index >= 15 is 0 Å². The van der Waals surface area contributed by atoms with E-state index < -0.39 is 0 Å². The molecule has 0 unspecified atom stereocenters. The molecule has 0 bridgehead atoms. The number of para-hydroxylation sites is 1. The molecule has 0 saturated carbocycles. The molecule has 2 aromatic rings. The monoisotopic (exact) mass is 316 g/mol. The van der Waals surface area contributed by atoms with E-state index in [-0.39, 0.29) is 5.91 Å². The minimum Gasteiger partial charge on any atom is -0.384 e. The van der Waals surface area contributed by atoms with E-state index in [0.717, 1.165) is 22.7 Å². The summed E-state index contributed by atoms with van der Waals surface area (Å²) in [6.45, 7) is 3.31. The largest absolute Gasteiger partial charge is 0.384 e. The number of benzene rings is 2. The van der Waals surface area contributed by atoms with Crippen LogP contribution in [0.5, 0.6) is 0 Å². The molecular weight excluding hydrogens is 296 g/mol. The van der Waals surface area contributed by atoms with Crippen molar-refractivity contribution in [2.45, 2.75) is 19.8 Å². The lowest BCUT2D eigenvalue weighted by Gasteiger charge is -2.09. The average molecular weight is 317 g/mol. The van der Waals surface area contributed by atoms with E-state index in [1.807, 2.05) is 55.5 Å². The molecule has 1 amide bonds. The topological polar surface area (TPSA) is 41.1 Å². The van der Waals surface area contributed by atoms with Crippen molar-refractivity contribution in [2.24, 2.45) is 0 Å². The van der Waals surface area contributed by atoms with Crippen molar-refractivity contribution < 1.29 is 4.79 Å². The smallest absolute Gasteiger partial charge is 0.221 e. The van der Waals surface area contributed by atoms with E-state index in [1.165, 1.54) is 5.56 Å². The van der Waals surface area contributed by atoms with E-state index in [9.17, 15) is 4.79 Å². The standard InChI is InChI=1S/C18H21ClN2O/c1-14-5-2-3-8-17(14)20-12-10-18(22)21-11-9-15-6-4-7-16(19)13-15/h2-8,13,20H,9-12H2,1H3,(H,21,22). The van der Waals surface area contributed by atoms with Gasteiger partial charge in [-0.3, -0.25) is 4.79 Å². The number of anilines is 1. The highest BCUT2D eigenvalue weighted by atomic mass is 35.5. The Labute approximate surface area is 136 Å². The summed E-state index contributed by atoms with van der Waals surface area (Å²) in [7, 11) is 0. The summed E-state index contributed by atoms with van der Waals surface area (Å²) in [5.74, 6) is 0.0584. The van der Waals surface area contributed by atoms with Crippen LogP contribution in [0.1, 0.15) is 17.5 Å². The minimum atomic E-state index is 0.0584. The molecule has 0 atom stereocenters. The molecule has 0 fully saturated rings. The number of amides is 1. The summed E-state index contributed by atoms with van der Waals surface area (Å²) in [5.41, 5.74) is 3.39. The van der Waals surface area contributed by atoms with Crippen LogP contribution < -0.4 is 10.6 Å². The molecular formula is C18H21ClN2O. The van der Waals surface area contributed by atoms with Crippen molar-refractivity contribution >= 4 is 23.2 Å². The first-order valence-electron chi connectivity index (χ1n) is 7.46. The van der Waals surface area contributed by atoms with Crippen LogP contribution in [0.15, 0.2) is 48.5 Å². The zero-order valence-electron chi connectivity index (χ0n) is 12.7. The Morgan fingerprint density at radius 3 is 2.68 bits per heavy atom. The molecule has 0 aliphatic heterocycles. The molecule has 0 spiro atoms. The molecule has 2 aromatic carbocycles. The lowest BCUT2D eigenvalue weighted by atomic mass is 10.1. The van der Waals surface area contributed by atoms with Crippen molar-refractivity contribution in [1.29, 1.82) is 0 Å². The molecule has 0 aromatic heterocycles. The highest BCUT2D eigenvalue weighted by Gasteiger charge is 2.02. The first-order chi connectivity index (χ1) is 10.6. The Hall–Kier alpha value is -2.00. The maximum atomic E-state index is 11.8. The Balaban J connectivity index is 1.65. The van der Waals surface area contributed by atoms with Crippen molar-refractivity contribution in [3.8, 4) is 0 Å². The summed E-state index contributed by atoms with van der Waals surface area (Å²) < 4.78 is 0. The third-order valence-corrected chi connectivity index (χ3v) is 3.67. The molecule has 0 aliphatic rings. The van der Waals surface area contributed by atoms with Gasteiger partial charge in [0.1, 0.15) is 0 Å². The molecule has 2 N–H and O–H groups in total. The molecule has 116 valence electrons. The number of aryl methyl sites for hydroxylation is 1. The van der Waals surface area contributed by atoms with E-state index in [4.69, 9.17) is 11.6 Å². The van der Waals surface area contributed by atoms with Gasteiger partial charge in [-0.2, -0.15) is 0 Å². The van der Waals surface area contributed by atoms with Crippen LogP contribution in [0, 0.1) is 6.92 Å². The summed E-state index contributed by atoms with van der Waals surface area (Å²) in [5, 5.41) is 6.94. The predicted octanol–water partition coefficient (Wildman–Crippen LogP) is 3.81. The number of carbonyl (C=O) groups is 1. The fourth-order valence-electron chi connectivity index (χ4n) is 2.21. The Bertz CT molecular complexity index is 628. The number of hydrogen-bond donors (Lipinski definition) is 2. The van der Waals surface area contributed by atoms with E-state index in [0.29, 0.717) is 19.5 Å². The SMILES string of the molecule is Cc1ccccc1NCCC(=O)NCCc1cccc(Cl)c1. The van der Waals surface area contributed by atoms with Gasteiger partial charge >= 0.3 is 0 Å². The Morgan fingerprint density at radius 2 is 1.91 bits per heavy atom. The number of carbonyl (C=O) groups excluding carboxylic acids is 1. The van der Waals surface area contributed by atoms with Crippen molar-refractivity contribution in [3.05, 3.63) is 64.7 Å². The van der Waals surface area contributed by atoms with Gasteiger partial charge in [0.15, 0.2) is 0 Å². The van der Waals surface area contributed by atoms with Gasteiger partial charge in [0.05, 0.1) is 0 Å². The fraction of sp³-hybridized carbons (Fsp3) is 0.278. The minimum absolute atomic E-state index is 0.0584. The maximum Gasteiger partial charge on any atom is 0.221 e. The zero-order valence-corrected chi connectivity index (χ0v) is 13.5. The van der Waals surface area contributed by atoms with E-state index in [1.54, 1.807) is 0 Å². The lowest BCUT2D eigenvalue weighted by Crippen LogP contribution is -2.27. The molecule has 22 heavy (non-hydrogen) atoms. The quantitative estimate of drug-likeness (QED) is 0.815. The normalized spacial score (nSPS) is 10.3. The summed E-state index contributed by atoms with van der Waals surface area (Å²) >= 11 is 5.93. The van der Waals surface area contributed by atoms with Gasteiger partial charge in [0, 0.05) is 30.2 Å². The van der Waals surface area contributed by atoms with Gasteiger partial charge in [-0.1, -0.05) is 41.9 Å². The summed E-state index contributed by atoms with van der Waals surface area (Å²) in [4.78, 5) is 11.8. The van der Waals surface area contributed by atoms with E-state index in [2.05, 4.69) is 10.6 Å². The second kappa shape index (κ2) is 8.44. The molecule has 0 radical (unpaired) electrons. The number of halogens is 1. The van der Waals surface area contributed by atoms with Gasteiger partial charge < -0.3 is 10.6 Å². The van der Waals surface area contributed by atoms with Crippen LogP contribution >= 0.6 is 11.6 Å². The molecule has 4 heteroatoms. The molecule has 2 rings (SSSR count). The summed E-state index contributed by atoms with van der Waals surface area (Å²) in [6.07, 6.45) is 1.25. The number of hydrogen-bond acceptors (Lipinski definition) is 2. The highest BCUT2D eigenvalue weighted by molar-refractivity contribution is 6.30. The van der Waals surface area contributed by atoms with Crippen molar-refractivity contribution in [1.82, 2.24) is 5.32 Å². The molecule has 3 nitrogen and oxygen atoms in total. The summed E-state index contributed by atoms with van der Waals surface area (Å²) in [6, 6.07) is 15.8. The number of rotatable bonds is 7. The Morgan fingerprint density at radius 1 is 1.09 bits per heavy atom. The maximum absolute atomic E-state index is 11.8. The second-order valence-corrected chi connectivity index (χ2v) is 5.66. The van der Waals surface area contributed by atoms with Crippen LogP contribution in [0.2, 0.25) is 5.02 Å². The van der Waals surface area contributed by atoms with Gasteiger partial charge in [-0.25, -0.2) is 0 Å². The second-order valence-electron chi connectivity index (χ2n) is 5.22. The number of nitrogens with one attached hydrogen (secondary N) is 2. The van der Waals surface area contributed by atoms with Crippen LogP contribution in [0.25, 0.3) is 0 Å². The van der Waals surface area contributed by atoms with Crippen molar-refractivity contribution in [2.75, 3.05) is 18.4 Å². The Kier molecular flexibility index (Phi) is 6.28. The van der Waals surface area contributed by atoms with Crippen LogP contribution in [-0.2, 0) is 11.2 Å². The zero-order chi connectivity index (χ0) is 15.8. The third-order valence-electron chi connectivity index (χ3n) is 3.44. The first kappa shape index (κ1) is 16.4. The molecule has 0 aliphatic carbocycles. The fourth-order valence-corrected chi connectivity index (χ4v) is 2.42. The van der Waals surface area contributed by atoms with Crippen molar-refractivity contribution in [3.63, 3.8) is 0 Å². The van der Waals surface area contributed by atoms with Crippen LogP contribution in [0.3, 0.4) is 0 Å². The predicted molar refractivity (Wildman–Crippen MR) is 92.5 cm³/mol. The average Bonchev–Trinajstić information content (AvgIpc) is 2.49. The van der Waals surface area contributed by atoms with Gasteiger partial charge in [0.2, 0.25) is 5.91 Å². The third kappa shape index (κ3) is 5.41. The lowest BCUT2D eigenvalue weighted by molar-refractivity contribution is -0.120. The van der Waals surface area contributed by atoms with Crippen LogP contribution in [-0.4, -0.2) is 19.0 Å². The molecule has 0 heterocycles.